The highest BCUT2D eigenvalue weighted by Gasteiger charge is 2.29. The highest BCUT2D eigenvalue weighted by atomic mass is 16.5. The van der Waals surface area contributed by atoms with Crippen LogP contribution in [0.3, 0.4) is 0 Å². The van der Waals surface area contributed by atoms with Crippen LogP contribution in [0.25, 0.3) is 0 Å². The van der Waals surface area contributed by atoms with Gasteiger partial charge in [-0.3, -0.25) is 0 Å². The van der Waals surface area contributed by atoms with Gasteiger partial charge in [-0.05, 0) is 36.8 Å². The Bertz CT molecular complexity index is 443. The Morgan fingerprint density at radius 3 is 2.71 bits per heavy atom. The van der Waals surface area contributed by atoms with Gasteiger partial charge in [-0.25, -0.2) is 4.79 Å². The second-order valence-corrected chi connectivity index (χ2v) is 6.06. The first-order valence-electron chi connectivity index (χ1n) is 8.01. The van der Waals surface area contributed by atoms with E-state index in [1.807, 2.05) is 0 Å². The Labute approximate surface area is 126 Å². The summed E-state index contributed by atoms with van der Waals surface area (Å²) in [5, 5.41) is 10.4. The Hall–Kier alpha value is -1.29. The standard InChI is InChI=1S/C17H26O4/c1-3-4-5-12-6-8-13(9-7-12)16(18)14-10-11-15(21-14)17(19)20-2/h10-13,16,18H,3-9H2,1-2H3. The van der Waals surface area contributed by atoms with Gasteiger partial charge < -0.3 is 14.3 Å². The van der Waals surface area contributed by atoms with Gasteiger partial charge in [0.05, 0.1) is 7.11 Å². The zero-order valence-corrected chi connectivity index (χ0v) is 13.0. The van der Waals surface area contributed by atoms with Crippen molar-refractivity contribution in [3.63, 3.8) is 0 Å². The maximum atomic E-state index is 11.4. The lowest BCUT2D eigenvalue weighted by Crippen LogP contribution is -2.20. The van der Waals surface area contributed by atoms with Crippen molar-refractivity contribution >= 4 is 5.97 Å². The van der Waals surface area contributed by atoms with E-state index >= 15 is 0 Å². The van der Waals surface area contributed by atoms with Gasteiger partial charge in [0.25, 0.3) is 0 Å². The minimum atomic E-state index is -0.615. The summed E-state index contributed by atoms with van der Waals surface area (Å²) in [6, 6.07) is 3.25. The first kappa shape index (κ1) is 16.1. The molecule has 0 saturated heterocycles. The highest BCUT2D eigenvalue weighted by Crippen LogP contribution is 2.38. The van der Waals surface area contributed by atoms with E-state index in [0.29, 0.717) is 5.76 Å². The Morgan fingerprint density at radius 2 is 2.10 bits per heavy atom. The lowest BCUT2D eigenvalue weighted by atomic mass is 9.77. The van der Waals surface area contributed by atoms with Gasteiger partial charge in [-0.15, -0.1) is 0 Å². The van der Waals surface area contributed by atoms with Gasteiger partial charge in [-0.1, -0.05) is 39.0 Å². The number of carbonyl (C=O) groups is 1. The molecule has 4 heteroatoms. The number of aliphatic hydroxyl groups is 1. The minimum Gasteiger partial charge on any atom is -0.463 e. The monoisotopic (exact) mass is 294 g/mol. The fourth-order valence-corrected chi connectivity index (χ4v) is 3.24. The Kier molecular flexibility index (Phi) is 5.85. The molecule has 1 aliphatic carbocycles. The summed E-state index contributed by atoms with van der Waals surface area (Å²) < 4.78 is 10.0. The number of hydrogen-bond acceptors (Lipinski definition) is 4. The van der Waals surface area contributed by atoms with Crippen LogP contribution in [0.2, 0.25) is 0 Å². The van der Waals surface area contributed by atoms with Gasteiger partial charge in [0.2, 0.25) is 5.76 Å². The molecule has 0 aromatic carbocycles. The summed E-state index contributed by atoms with van der Waals surface area (Å²) in [4.78, 5) is 11.4. The zero-order chi connectivity index (χ0) is 15.2. The summed E-state index contributed by atoms with van der Waals surface area (Å²) in [5.74, 6) is 1.18. The third-order valence-electron chi connectivity index (χ3n) is 4.61. The number of aliphatic hydroxyl groups excluding tert-OH is 1. The number of hydrogen-bond donors (Lipinski definition) is 1. The summed E-state index contributed by atoms with van der Waals surface area (Å²) in [7, 11) is 1.32. The molecule has 1 saturated carbocycles. The number of ether oxygens (including phenoxy) is 1. The lowest BCUT2D eigenvalue weighted by molar-refractivity contribution is 0.0466. The van der Waals surface area contributed by atoms with Crippen LogP contribution in [0.4, 0.5) is 0 Å². The van der Waals surface area contributed by atoms with Crippen LogP contribution in [-0.4, -0.2) is 18.2 Å². The topological polar surface area (TPSA) is 59.7 Å². The predicted molar refractivity (Wildman–Crippen MR) is 80.0 cm³/mol. The van der Waals surface area contributed by atoms with Crippen molar-refractivity contribution in [2.24, 2.45) is 11.8 Å². The van der Waals surface area contributed by atoms with Crippen molar-refractivity contribution in [2.75, 3.05) is 7.11 Å². The normalized spacial score (nSPS) is 23.8. The van der Waals surface area contributed by atoms with E-state index in [1.54, 1.807) is 12.1 Å². The first-order chi connectivity index (χ1) is 10.2. The van der Waals surface area contributed by atoms with Crippen LogP contribution >= 0.6 is 0 Å². The Balaban J connectivity index is 1.88. The number of furan rings is 1. The van der Waals surface area contributed by atoms with Gasteiger partial charge in [0, 0.05) is 0 Å². The van der Waals surface area contributed by atoms with Gasteiger partial charge >= 0.3 is 5.97 Å². The second-order valence-electron chi connectivity index (χ2n) is 6.06. The van der Waals surface area contributed by atoms with E-state index in [0.717, 1.165) is 18.8 Å². The van der Waals surface area contributed by atoms with E-state index in [-0.39, 0.29) is 11.7 Å². The van der Waals surface area contributed by atoms with Gasteiger partial charge in [-0.2, -0.15) is 0 Å². The molecule has 1 fully saturated rings. The third-order valence-corrected chi connectivity index (χ3v) is 4.61. The molecule has 2 rings (SSSR count). The van der Waals surface area contributed by atoms with Crippen LogP contribution in [0.15, 0.2) is 16.5 Å². The first-order valence-corrected chi connectivity index (χ1v) is 8.01. The minimum absolute atomic E-state index is 0.156. The molecule has 1 aliphatic rings. The maximum absolute atomic E-state index is 11.4. The van der Waals surface area contributed by atoms with Crippen LogP contribution < -0.4 is 0 Å². The van der Waals surface area contributed by atoms with E-state index in [9.17, 15) is 9.90 Å². The number of methoxy groups -OCH3 is 1. The average Bonchev–Trinajstić information content (AvgIpc) is 3.02. The largest absolute Gasteiger partial charge is 0.463 e. The maximum Gasteiger partial charge on any atom is 0.373 e. The molecule has 0 aliphatic heterocycles. The third kappa shape index (κ3) is 4.10. The molecule has 1 aromatic heterocycles. The van der Waals surface area contributed by atoms with Crippen molar-refractivity contribution in [1.29, 1.82) is 0 Å². The fourth-order valence-electron chi connectivity index (χ4n) is 3.24. The van der Waals surface area contributed by atoms with Crippen molar-refractivity contribution in [2.45, 2.75) is 58.0 Å². The molecule has 0 amide bonds. The molecule has 1 aromatic rings. The average molecular weight is 294 g/mol. The van der Waals surface area contributed by atoms with Crippen molar-refractivity contribution in [3.8, 4) is 0 Å². The second kappa shape index (κ2) is 7.64. The molecule has 1 atom stereocenters. The Morgan fingerprint density at radius 1 is 1.38 bits per heavy atom. The van der Waals surface area contributed by atoms with Crippen LogP contribution in [0, 0.1) is 11.8 Å². The van der Waals surface area contributed by atoms with Crippen molar-refractivity contribution in [1.82, 2.24) is 0 Å². The SMILES string of the molecule is CCCCC1CCC(C(O)c2ccc(C(=O)OC)o2)CC1. The highest BCUT2D eigenvalue weighted by molar-refractivity contribution is 5.86. The fraction of sp³-hybridized carbons (Fsp3) is 0.706. The molecular formula is C17H26O4. The van der Waals surface area contributed by atoms with E-state index in [2.05, 4.69) is 11.7 Å². The van der Waals surface area contributed by atoms with Gasteiger partial charge in [0.15, 0.2) is 0 Å². The summed E-state index contributed by atoms with van der Waals surface area (Å²) in [5.41, 5.74) is 0. The number of rotatable bonds is 6. The van der Waals surface area contributed by atoms with Crippen molar-refractivity contribution < 1.29 is 19.1 Å². The molecule has 1 unspecified atom stereocenters. The number of unbranched alkanes of at least 4 members (excludes halogenated alkanes) is 1. The van der Waals surface area contributed by atoms with Crippen LogP contribution in [0.5, 0.6) is 0 Å². The lowest BCUT2D eigenvalue weighted by Gasteiger charge is -2.30. The zero-order valence-electron chi connectivity index (χ0n) is 13.0. The molecule has 0 spiro atoms. The predicted octanol–water partition coefficient (Wildman–Crippen LogP) is 4.10. The van der Waals surface area contributed by atoms with Gasteiger partial charge in [0.1, 0.15) is 11.9 Å². The molecule has 21 heavy (non-hydrogen) atoms. The number of esters is 1. The molecular weight excluding hydrogens is 268 g/mol. The van der Waals surface area contributed by atoms with E-state index < -0.39 is 12.1 Å². The summed E-state index contributed by atoms with van der Waals surface area (Å²) in [6.45, 7) is 2.23. The molecule has 118 valence electrons. The van der Waals surface area contributed by atoms with E-state index in [4.69, 9.17) is 4.42 Å². The summed E-state index contributed by atoms with van der Waals surface area (Å²) >= 11 is 0. The molecule has 0 radical (unpaired) electrons. The smallest absolute Gasteiger partial charge is 0.373 e. The summed E-state index contributed by atoms with van der Waals surface area (Å²) in [6.07, 6.45) is 7.69. The van der Waals surface area contributed by atoms with Crippen LogP contribution in [-0.2, 0) is 4.74 Å². The molecule has 0 bridgehead atoms. The quantitative estimate of drug-likeness (QED) is 0.803. The molecule has 1 heterocycles. The van der Waals surface area contributed by atoms with E-state index in [1.165, 1.54) is 39.2 Å². The number of carbonyl (C=O) groups excluding carboxylic acids is 1. The molecule has 1 N–H and O–H groups in total. The van der Waals surface area contributed by atoms with Crippen LogP contribution in [0.1, 0.15) is 74.3 Å². The molecule has 4 nitrogen and oxygen atoms in total. The van der Waals surface area contributed by atoms with Crippen molar-refractivity contribution in [3.05, 3.63) is 23.7 Å².